The largest absolute Gasteiger partial charge is 0.496 e. The molecule has 0 bridgehead atoms. The summed E-state index contributed by atoms with van der Waals surface area (Å²) in [6, 6.07) is 3.11. The maximum Gasteiger partial charge on any atom is 0.310 e. The van der Waals surface area contributed by atoms with Crippen molar-refractivity contribution in [1.82, 2.24) is 4.31 Å². The van der Waals surface area contributed by atoms with Gasteiger partial charge >= 0.3 is 5.97 Å². The highest BCUT2D eigenvalue weighted by Crippen LogP contribution is 2.35. The molecule has 0 radical (unpaired) electrons. The average Bonchev–Trinajstić information content (AvgIpc) is 2.61. The molecule has 0 saturated carbocycles. The molecule has 1 heterocycles. The number of nitrogens with zero attached hydrogens (tertiary/aromatic N) is 1. The van der Waals surface area contributed by atoms with Crippen LogP contribution in [0.25, 0.3) is 0 Å². The first-order chi connectivity index (χ1) is 11.8. The fourth-order valence-electron chi connectivity index (χ4n) is 2.98. The van der Waals surface area contributed by atoms with Gasteiger partial charge in [-0.2, -0.15) is 4.31 Å². The molecular formula is C17H25NO6S. The van der Waals surface area contributed by atoms with E-state index in [-0.39, 0.29) is 29.8 Å². The number of carbonyl (C=O) groups is 1. The van der Waals surface area contributed by atoms with E-state index < -0.39 is 15.9 Å². The van der Waals surface area contributed by atoms with E-state index in [2.05, 4.69) is 0 Å². The number of aryl methyl sites for hydroxylation is 1. The van der Waals surface area contributed by atoms with Gasteiger partial charge in [-0.05, 0) is 38.3 Å². The van der Waals surface area contributed by atoms with E-state index in [4.69, 9.17) is 14.2 Å². The quantitative estimate of drug-likeness (QED) is 0.711. The molecule has 1 aliphatic rings. The molecule has 7 nitrogen and oxygen atoms in total. The second-order valence-corrected chi connectivity index (χ2v) is 7.83. The molecule has 140 valence electrons. The second kappa shape index (κ2) is 8.05. The molecule has 0 N–H and O–H groups in total. The SMILES string of the molecule is CCOC(=O)[C@@H]1CCCN(S(=O)(=O)c2cc(OC)c(C)cc2OC)C1. The molecule has 1 saturated heterocycles. The molecule has 1 aromatic carbocycles. The Morgan fingerprint density at radius 1 is 1.24 bits per heavy atom. The van der Waals surface area contributed by atoms with Crippen molar-refractivity contribution in [2.45, 2.75) is 31.6 Å². The van der Waals surface area contributed by atoms with Crippen molar-refractivity contribution >= 4 is 16.0 Å². The number of esters is 1. The van der Waals surface area contributed by atoms with Crippen molar-refractivity contribution in [3.05, 3.63) is 17.7 Å². The number of sulfonamides is 1. The summed E-state index contributed by atoms with van der Waals surface area (Å²) in [5.41, 5.74) is 0.779. The minimum Gasteiger partial charge on any atom is -0.496 e. The Balaban J connectivity index is 2.36. The van der Waals surface area contributed by atoms with Gasteiger partial charge in [-0.25, -0.2) is 8.42 Å². The zero-order chi connectivity index (χ0) is 18.6. The van der Waals surface area contributed by atoms with Crippen LogP contribution in [0.4, 0.5) is 0 Å². The molecule has 0 unspecified atom stereocenters. The summed E-state index contributed by atoms with van der Waals surface area (Å²) < 4.78 is 43.1. The highest BCUT2D eigenvalue weighted by atomic mass is 32.2. The predicted molar refractivity (Wildman–Crippen MR) is 92.4 cm³/mol. The molecule has 0 spiro atoms. The van der Waals surface area contributed by atoms with Gasteiger partial charge in [-0.15, -0.1) is 0 Å². The van der Waals surface area contributed by atoms with E-state index in [0.717, 1.165) is 5.56 Å². The number of benzene rings is 1. The number of rotatable bonds is 6. The Bertz CT molecular complexity index is 731. The standard InChI is InChI=1S/C17H25NO6S/c1-5-24-17(19)13-7-6-8-18(11-13)25(20,21)16-10-14(22-3)12(2)9-15(16)23-4/h9-10,13H,5-8,11H2,1-4H3/t13-/m1/s1. The van der Waals surface area contributed by atoms with E-state index in [1.807, 2.05) is 6.92 Å². The molecular weight excluding hydrogens is 346 g/mol. The van der Waals surface area contributed by atoms with Gasteiger partial charge in [-0.3, -0.25) is 4.79 Å². The lowest BCUT2D eigenvalue weighted by atomic mass is 10.0. The van der Waals surface area contributed by atoms with Crippen LogP contribution in [-0.4, -0.2) is 52.6 Å². The van der Waals surface area contributed by atoms with Crippen LogP contribution in [0.2, 0.25) is 0 Å². The highest BCUT2D eigenvalue weighted by molar-refractivity contribution is 7.89. The second-order valence-electron chi connectivity index (χ2n) is 5.93. The number of hydrogen-bond donors (Lipinski definition) is 0. The molecule has 25 heavy (non-hydrogen) atoms. The molecule has 1 fully saturated rings. The summed E-state index contributed by atoms with van der Waals surface area (Å²) in [5, 5.41) is 0. The number of piperidine rings is 1. The zero-order valence-electron chi connectivity index (χ0n) is 15.1. The van der Waals surface area contributed by atoms with Crippen LogP contribution in [0.15, 0.2) is 17.0 Å². The first-order valence-corrected chi connectivity index (χ1v) is 9.68. The molecule has 1 aromatic rings. The third-order valence-corrected chi connectivity index (χ3v) is 6.19. The normalized spacial score (nSPS) is 18.6. The topological polar surface area (TPSA) is 82.1 Å². The van der Waals surface area contributed by atoms with Crippen LogP contribution in [-0.2, 0) is 19.6 Å². The first kappa shape index (κ1) is 19.5. The third kappa shape index (κ3) is 4.07. The van der Waals surface area contributed by atoms with Crippen LogP contribution in [0.5, 0.6) is 11.5 Å². The molecule has 8 heteroatoms. The van der Waals surface area contributed by atoms with E-state index in [0.29, 0.717) is 25.1 Å². The van der Waals surface area contributed by atoms with Crippen molar-refractivity contribution in [1.29, 1.82) is 0 Å². The van der Waals surface area contributed by atoms with Gasteiger partial charge in [-0.1, -0.05) is 0 Å². The maximum atomic E-state index is 13.1. The van der Waals surface area contributed by atoms with Gasteiger partial charge < -0.3 is 14.2 Å². The average molecular weight is 371 g/mol. The van der Waals surface area contributed by atoms with Crippen molar-refractivity contribution in [3.63, 3.8) is 0 Å². The number of carbonyl (C=O) groups excluding carboxylic acids is 1. The van der Waals surface area contributed by atoms with Crippen molar-refractivity contribution < 1.29 is 27.4 Å². The minimum atomic E-state index is -3.81. The fourth-order valence-corrected chi connectivity index (χ4v) is 4.65. The zero-order valence-corrected chi connectivity index (χ0v) is 15.9. The lowest BCUT2D eigenvalue weighted by Gasteiger charge is -2.31. The summed E-state index contributed by atoms with van der Waals surface area (Å²) in [5.74, 6) is -0.0625. The Kier molecular flexibility index (Phi) is 6.29. The number of methoxy groups -OCH3 is 2. The van der Waals surface area contributed by atoms with Crippen LogP contribution in [0.1, 0.15) is 25.3 Å². The van der Waals surface area contributed by atoms with Gasteiger partial charge in [0.05, 0.1) is 26.7 Å². The first-order valence-electron chi connectivity index (χ1n) is 8.24. The Labute approximate surface area is 148 Å². The van der Waals surface area contributed by atoms with Gasteiger partial charge in [0.2, 0.25) is 10.0 Å². The molecule has 0 aromatic heterocycles. The van der Waals surface area contributed by atoms with E-state index in [1.54, 1.807) is 13.0 Å². The smallest absolute Gasteiger partial charge is 0.310 e. The summed E-state index contributed by atoms with van der Waals surface area (Å²) in [4.78, 5) is 12.0. The van der Waals surface area contributed by atoms with Crippen LogP contribution in [0, 0.1) is 12.8 Å². The van der Waals surface area contributed by atoms with Crippen molar-refractivity contribution in [2.24, 2.45) is 5.92 Å². The predicted octanol–water partition coefficient (Wildman–Crippen LogP) is 1.98. The monoisotopic (exact) mass is 371 g/mol. The van der Waals surface area contributed by atoms with Crippen LogP contribution in [0.3, 0.4) is 0 Å². The number of ether oxygens (including phenoxy) is 3. The highest BCUT2D eigenvalue weighted by Gasteiger charge is 2.35. The minimum absolute atomic E-state index is 0.0435. The summed E-state index contributed by atoms with van der Waals surface area (Å²) in [6.07, 6.45) is 1.23. The maximum absolute atomic E-state index is 13.1. The van der Waals surface area contributed by atoms with Gasteiger partial charge in [0.25, 0.3) is 0 Å². The molecule has 1 atom stereocenters. The van der Waals surface area contributed by atoms with Crippen molar-refractivity contribution in [2.75, 3.05) is 33.9 Å². The Morgan fingerprint density at radius 3 is 2.52 bits per heavy atom. The van der Waals surface area contributed by atoms with E-state index >= 15 is 0 Å². The molecule has 0 amide bonds. The lowest BCUT2D eigenvalue weighted by Crippen LogP contribution is -2.42. The summed E-state index contributed by atoms with van der Waals surface area (Å²) >= 11 is 0. The summed E-state index contributed by atoms with van der Waals surface area (Å²) in [6.45, 7) is 4.30. The van der Waals surface area contributed by atoms with Crippen molar-refractivity contribution in [3.8, 4) is 11.5 Å². The third-order valence-electron chi connectivity index (χ3n) is 4.30. The van der Waals surface area contributed by atoms with Gasteiger partial charge in [0.1, 0.15) is 16.4 Å². The fraction of sp³-hybridized carbons (Fsp3) is 0.588. The summed E-state index contributed by atoms with van der Waals surface area (Å²) in [7, 11) is -0.898. The van der Waals surface area contributed by atoms with Gasteiger partial charge in [0, 0.05) is 19.2 Å². The lowest BCUT2D eigenvalue weighted by molar-refractivity contribution is -0.149. The molecule has 1 aliphatic heterocycles. The van der Waals surface area contributed by atoms with Gasteiger partial charge in [0.15, 0.2) is 0 Å². The van der Waals surface area contributed by atoms with Crippen LogP contribution < -0.4 is 9.47 Å². The molecule has 0 aliphatic carbocycles. The van der Waals surface area contributed by atoms with Crippen LogP contribution >= 0.6 is 0 Å². The number of hydrogen-bond acceptors (Lipinski definition) is 6. The molecule has 2 rings (SSSR count). The van der Waals surface area contributed by atoms with E-state index in [1.165, 1.54) is 24.6 Å². The Hall–Kier alpha value is -1.80. The Morgan fingerprint density at radius 2 is 1.92 bits per heavy atom. The van der Waals surface area contributed by atoms with E-state index in [9.17, 15) is 13.2 Å².